The van der Waals surface area contributed by atoms with Gasteiger partial charge in [0.1, 0.15) is 11.5 Å². The Bertz CT molecular complexity index is 459. The summed E-state index contributed by atoms with van der Waals surface area (Å²) in [6.45, 7) is 5.91. The zero-order chi connectivity index (χ0) is 15.3. The first-order chi connectivity index (χ1) is 10.2. The zero-order valence-corrected chi connectivity index (χ0v) is 13.2. The molecule has 0 aromatic heterocycles. The molecule has 0 radical (unpaired) electrons. The SMILES string of the molecule is COc1ccc(OC)c(C(C)(CO)N2CCCNCC2)c1. The maximum atomic E-state index is 10.1. The van der Waals surface area contributed by atoms with E-state index in [4.69, 9.17) is 9.47 Å². The molecule has 0 bridgehead atoms. The third-order valence-corrected chi connectivity index (χ3v) is 4.33. The normalized spacial score (nSPS) is 19.6. The molecule has 0 saturated carbocycles. The summed E-state index contributed by atoms with van der Waals surface area (Å²) in [5.41, 5.74) is 0.486. The Kier molecular flexibility index (Phi) is 5.45. The number of benzene rings is 1. The van der Waals surface area contributed by atoms with E-state index in [1.54, 1.807) is 14.2 Å². The molecule has 1 heterocycles. The van der Waals surface area contributed by atoms with Gasteiger partial charge in [-0.15, -0.1) is 0 Å². The van der Waals surface area contributed by atoms with Crippen molar-refractivity contribution in [2.45, 2.75) is 18.9 Å². The zero-order valence-electron chi connectivity index (χ0n) is 13.2. The van der Waals surface area contributed by atoms with Gasteiger partial charge in [0.25, 0.3) is 0 Å². The average molecular weight is 294 g/mol. The van der Waals surface area contributed by atoms with E-state index in [0.717, 1.165) is 49.7 Å². The highest BCUT2D eigenvalue weighted by molar-refractivity contribution is 5.44. The minimum Gasteiger partial charge on any atom is -0.497 e. The van der Waals surface area contributed by atoms with E-state index in [9.17, 15) is 5.11 Å². The summed E-state index contributed by atoms with van der Waals surface area (Å²) in [4.78, 5) is 2.32. The van der Waals surface area contributed by atoms with Crippen molar-refractivity contribution in [2.24, 2.45) is 0 Å². The number of nitrogens with one attached hydrogen (secondary N) is 1. The number of ether oxygens (including phenoxy) is 2. The number of nitrogens with zero attached hydrogens (tertiary/aromatic N) is 1. The van der Waals surface area contributed by atoms with E-state index in [-0.39, 0.29) is 6.61 Å². The van der Waals surface area contributed by atoms with Crippen LogP contribution in [0.5, 0.6) is 11.5 Å². The van der Waals surface area contributed by atoms with Crippen LogP contribution in [-0.4, -0.2) is 57.0 Å². The standard InChI is InChI=1S/C16H26N2O3/c1-16(12-19,18-9-4-7-17-8-10-18)14-11-13(20-2)5-6-15(14)21-3/h5-6,11,17,19H,4,7-10,12H2,1-3H3. The predicted octanol–water partition coefficient (Wildman–Crippen LogP) is 1.21. The molecule has 21 heavy (non-hydrogen) atoms. The Labute approximate surface area is 126 Å². The molecular weight excluding hydrogens is 268 g/mol. The topological polar surface area (TPSA) is 54.0 Å². The van der Waals surface area contributed by atoms with Crippen molar-refractivity contribution in [1.82, 2.24) is 10.2 Å². The van der Waals surface area contributed by atoms with Crippen molar-refractivity contribution in [1.29, 1.82) is 0 Å². The third-order valence-electron chi connectivity index (χ3n) is 4.33. The largest absolute Gasteiger partial charge is 0.497 e. The molecule has 1 aliphatic heterocycles. The Morgan fingerprint density at radius 2 is 2.05 bits per heavy atom. The average Bonchev–Trinajstić information content (AvgIpc) is 2.83. The summed E-state index contributed by atoms with van der Waals surface area (Å²) in [7, 11) is 3.31. The molecular formula is C16H26N2O3. The van der Waals surface area contributed by atoms with Gasteiger partial charge in [0.05, 0.1) is 26.4 Å². The summed E-state index contributed by atoms with van der Waals surface area (Å²) in [5.74, 6) is 1.56. The summed E-state index contributed by atoms with van der Waals surface area (Å²) >= 11 is 0. The van der Waals surface area contributed by atoms with Crippen LogP contribution in [0.4, 0.5) is 0 Å². The van der Waals surface area contributed by atoms with E-state index in [1.165, 1.54) is 0 Å². The van der Waals surface area contributed by atoms with Crippen molar-refractivity contribution in [3.05, 3.63) is 23.8 Å². The molecule has 5 nitrogen and oxygen atoms in total. The van der Waals surface area contributed by atoms with E-state index >= 15 is 0 Å². The van der Waals surface area contributed by atoms with Crippen LogP contribution in [0.2, 0.25) is 0 Å². The summed E-state index contributed by atoms with van der Waals surface area (Å²) in [6, 6.07) is 5.75. The minimum absolute atomic E-state index is 0.0382. The highest BCUT2D eigenvalue weighted by Gasteiger charge is 2.36. The second kappa shape index (κ2) is 7.11. The molecule has 1 unspecified atom stereocenters. The molecule has 0 amide bonds. The van der Waals surface area contributed by atoms with Gasteiger partial charge in [-0.2, -0.15) is 0 Å². The van der Waals surface area contributed by atoms with Crippen LogP contribution >= 0.6 is 0 Å². The van der Waals surface area contributed by atoms with Gasteiger partial charge >= 0.3 is 0 Å². The molecule has 2 N–H and O–H groups in total. The fourth-order valence-electron chi connectivity index (χ4n) is 2.93. The summed E-state index contributed by atoms with van der Waals surface area (Å²) < 4.78 is 10.8. The Hall–Kier alpha value is -1.30. The second-order valence-corrected chi connectivity index (χ2v) is 5.59. The van der Waals surface area contributed by atoms with Gasteiger partial charge in [-0.3, -0.25) is 4.90 Å². The lowest BCUT2D eigenvalue weighted by molar-refractivity contribution is 0.0432. The molecule has 1 saturated heterocycles. The fourth-order valence-corrected chi connectivity index (χ4v) is 2.93. The fraction of sp³-hybridized carbons (Fsp3) is 0.625. The first-order valence-electron chi connectivity index (χ1n) is 7.45. The molecule has 5 heteroatoms. The van der Waals surface area contributed by atoms with E-state index in [0.29, 0.717) is 0 Å². The highest BCUT2D eigenvalue weighted by atomic mass is 16.5. The van der Waals surface area contributed by atoms with Crippen LogP contribution in [0.15, 0.2) is 18.2 Å². The smallest absolute Gasteiger partial charge is 0.124 e. The number of aliphatic hydroxyl groups is 1. The van der Waals surface area contributed by atoms with Gasteiger partial charge in [-0.25, -0.2) is 0 Å². The van der Waals surface area contributed by atoms with Gasteiger partial charge in [0.15, 0.2) is 0 Å². The van der Waals surface area contributed by atoms with Crippen molar-refractivity contribution >= 4 is 0 Å². The first kappa shape index (κ1) is 16.1. The Morgan fingerprint density at radius 3 is 2.71 bits per heavy atom. The molecule has 1 fully saturated rings. The van der Waals surface area contributed by atoms with Gasteiger partial charge in [0.2, 0.25) is 0 Å². The third kappa shape index (κ3) is 3.31. The van der Waals surface area contributed by atoms with Gasteiger partial charge < -0.3 is 19.9 Å². The second-order valence-electron chi connectivity index (χ2n) is 5.59. The van der Waals surface area contributed by atoms with Crippen molar-refractivity contribution in [2.75, 3.05) is 47.0 Å². The lowest BCUT2D eigenvalue weighted by Gasteiger charge is -2.40. The van der Waals surface area contributed by atoms with Crippen LogP contribution in [0.3, 0.4) is 0 Å². The summed E-state index contributed by atoms with van der Waals surface area (Å²) in [6.07, 6.45) is 1.07. The van der Waals surface area contributed by atoms with Crippen LogP contribution in [0.25, 0.3) is 0 Å². The van der Waals surface area contributed by atoms with Crippen molar-refractivity contribution < 1.29 is 14.6 Å². The van der Waals surface area contributed by atoms with Crippen LogP contribution in [0, 0.1) is 0 Å². The maximum Gasteiger partial charge on any atom is 0.124 e. The molecule has 1 aromatic carbocycles. The number of hydrogen-bond acceptors (Lipinski definition) is 5. The maximum absolute atomic E-state index is 10.1. The molecule has 118 valence electrons. The predicted molar refractivity (Wildman–Crippen MR) is 83.0 cm³/mol. The van der Waals surface area contributed by atoms with E-state index < -0.39 is 5.54 Å². The molecule has 1 aromatic rings. The van der Waals surface area contributed by atoms with Crippen LogP contribution in [0.1, 0.15) is 18.9 Å². The van der Waals surface area contributed by atoms with Gasteiger partial charge in [0, 0.05) is 25.2 Å². The number of methoxy groups -OCH3 is 2. The van der Waals surface area contributed by atoms with E-state index in [2.05, 4.69) is 17.1 Å². The quantitative estimate of drug-likeness (QED) is 0.855. The highest BCUT2D eigenvalue weighted by Crippen LogP contribution is 2.37. The lowest BCUT2D eigenvalue weighted by Crippen LogP contribution is -2.48. The Morgan fingerprint density at radius 1 is 1.24 bits per heavy atom. The molecule has 0 aliphatic carbocycles. The lowest BCUT2D eigenvalue weighted by atomic mass is 9.89. The molecule has 0 spiro atoms. The minimum atomic E-state index is -0.480. The number of rotatable bonds is 5. The van der Waals surface area contributed by atoms with Gasteiger partial charge in [-0.1, -0.05) is 0 Å². The van der Waals surface area contributed by atoms with Gasteiger partial charge in [-0.05, 0) is 38.1 Å². The van der Waals surface area contributed by atoms with E-state index in [1.807, 2.05) is 18.2 Å². The molecule has 1 aliphatic rings. The first-order valence-corrected chi connectivity index (χ1v) is 7.45. The van der Waals surface area contributed by atoms with Crippen LogP contribution in [-0.2, 0) is 5.54 Å². The van der Waals surface area contributed by atoms with Crippen LogP contribution < -0.4 is 14.8 Å². The number of hydrogen-bond donors (Lipinski definition) is 2. The van der Waals surface area contributed by atoms with Crippen molar-refractivity contribution in [3.8, 4) is 11.5 Å². The molecule has 1 atom stereocenters. The van der Waals surface area contributed by atoms with Crippen molar-refractivity contribution in [3.63, 3.8) is 0 Å². The number of aliphatic hydroxyl groups excluding tert-OH is 1. The molecule has 2 rings (SSSR count). The Balaban J connectivity index is 2.42. The monoisotopic (exact) mass is 294 g/mol. The summed E-state index contributed by atoms with van der Waals surface area (Å²) in [5, 5.41) is 13.5.